The second-order valence-electron chi connectivity index (χ2n) is 5.89. The highest BCUT2D eigenvalue weighted by Crippen LogP contribution is 2.42. The fourth-order valence-corrected chi connectivity index (χ4v) is 3.40. The van der Waals surface area contributed by atoms with Gasteiger partial charge in [0.25, 0.3) is 0 Å². The molecule has 5 nitrogen and oxygen atoms in total. The van der Waals surface area contributed by atoms with Crippen LogP contribution in [-0.4, -0.2) is 23.3 Å². The number of phenolic OH excluding ortho intramolecular Hbond substituents is 1. The molecule has 1 aliphatic carbocycles. The van der Waals surface area contributed by atoms with Crippen LogP contribution in [0.25, 0.3) is 27.3 Å². The second kappa shape index (κ2) is 5.30. The molecule has 3 aromatic rings. The topological polar surface area (TPSA) is 79.9 Å². The molecule has 0 aliphatic heterocycles. The number of phenols is 1. The molecule has 0 fully saturated rings. The fourth-order valence-electron chi connectivity index (χ4n) is 3.40. The van der Waals surface area contributed by atoms with Gasteiger partial charge in [-0.3, -0.25) is 0 Å². The van der Waals surface area contributed by atoms with E-state index in [1.165, 1.54) is 7.11 Å². The van der Waals surface area contributed by atoms with Gasteiger partial charge in [-0.25, -0.2) is 4.79 Å². The Hall–Kier alpha value is -2.95. The van der Waals surface area contributed by atoms with Gasteiger partial charge in [0, 0.05) is 28.1 Å². The fraction of sp³-hybridized carbons (Fsp3) is 0.211. The van der Waals surface area contributed by atoms with Crippen molar-refractivity contribution in [3.63, 3.8) is 0 Å². The number of ether oxygens (including phenoxy) is 1. The zero-order valence-electron chi connectivity index (χ0n) is 13.1. The van der Waals surface area contributed by atoms with Gasteiger partial charge in [-0.05, 0) is 18.9 Å². The van der Waals surface area contributed by atoms with Crippen molar-refractivity contribution in [3.05, 3.63) is 47.4 Å². The first kappa shape index (κ1) is 14.6. The quantitative estimate of drug-likeness (QED) is 0.660. The number of rotatable bonds is 1. The number of hydrogen-bond acceptors (Lipinski definition) is 5. The van der Waals surface area contributed by atoms with Crippen molar-refractivity contribution in [1.29, 1.82) is 0 Å². The minimum atomic E-state index is -0.622. The molecule has 0 atom stereocenters. The first-order chi connectivity index (χ1) is 11.6. The van der Waals surface area contributed by atoms with Gasteiger partial charge in [0.1, 0.15) is 28.4 Å². The van der Waals surface area contributed by atoms with Gasteiger partial charge in [0.2, 0.25) is 0 Å². The highest BCUT2D eigenvalue weighted by molar-refractivity contribution is 6.19. The Labute approximate surface area is 137 Å². The lowest BCUT2D eigenvalue weighted by molar-refractivity contribution is -0.133. The third-order valence-corrected chi connectivity index (χ3v) is 4.52. The predicted molar refractivity (Wildman–Crippen MR) is 89.9 cm³/mol. The maximum absolute atomic E-state index is 12.2. The Kier molecular flexibility index (Phi) is 3.23. The number of fused-ring (bicyclic) bond motifs is 5. The predicted octanol–water partition coefficient (Wildman–Crippen LogP) is 4.07. The van der Waals surface area contributed by atoms with Gasteiger partial charge in [-0.2, -0.15) is 0 Å². The van der Waals surface area contributed by atoms with Crippen molar-refractivity contribution in [1.82, 2.24) is 0 Å². The first-order valence-electron chi connectivity index (χ1n) is 7.78. The van der Waals surface area contributed by atoms with E-state index in [1.54, 1.807) is 6.07 Å². The van der Waals surface area contributed by atoms with E-state index >= 15 is 0 Å². The molecule has 2 aromatic carbocycles. The van der Waals surface area contributed by atoms with E-state index in [1.807, 2.05) is 24.3 Å². The molecule has 0 spiro atoms. The highest BCUT2D eigenvalue weighted by Gasteiger charge is 2.29. The van der Waals surface area contributed by atoms with Crippen LogP contribution in [0, 0.1) is 0 Å². The van der Waals surface area contributed by atoms with Crippen molar-refractivity contribution in [2.45, 2.75) is 19.3 Å². The number of esters is 1. The van der Waals surface area contributed by atoms with Crippen LogP contribution in [0.5, 0.6) is 5.75 Å². The molecular formula is C19H16O5. The average molecular weight is 324 g/mol. The first-order valence-corrected chi connectivity index (χ1v) is 7.78. The maximum atomic E-state index is 12.2. The summed E-state index contributed by atoms with van der Waals surface area (Å²) in [5.74, 6) is -0.141. The molecule has 24 heavy (non-hydrogen) atoms. The number of carbonyl (C=O) groups is 1. The number of furan rings is 1. The van der Waals surface area contributed by atoms with Gasteiger partial charge >= 0.3 is 5.97 Å². The standard InChI is InChI=1S/C19H16O5/c1-23-19(22)16-14(20)8-4-7-12-13-9-15(21)10-5-2-3-6-11(10)17(13)24-18(12)16/h2-3,5-6,9,20-21H,4,7-8H2,1H3. The molecule has 1 aliphatic rings. The molecule has 1 heterocycles. The van der Waals surface area contributed by atoms with Crippen molar-refractivity contribution in [3.8, 4) is 5.75 Å². The van der Waals surface area contributed by atoms with E-state index < -0.39 is 5.97 Å². The van der Waals surface area contributed by atoms with Crippen molar-refractivity contribution in [2.75, 3.05) is 7.11 Å². The SMILES string of the molecule is COC(=O)C1=C(O)CCCc2c1oc1c2cc(O)c2ccccc21. The third-order valence-electron chi connectivity index (χ3n) is 4.52. The van der Waals surface area contributed by atoms with Crippen LogP contribution >= 0.6 is 0 Å². The van der Waals surface area contributed by atoms with Crippen molar-refractivity contribution < 1.29 is 24.2 Å². The summed E-state index contributed by atoms with van der Waals surface area (Å²) >= 11 is 0. The lowest BCUT2D eigenvalue weighted by atomic mass is 10.0. The monoisotopic (exact) mass is 324 g/mol. The molecule has 122 valence electrons. The molecule has 0 unspecified atom stereocenters. The summed E-state index contributed by atoms with van der Waals surface area (Å²) in [4.78, 5) is 12.2. The van der Waals surface area contributed by atoms with Crippen LogP contribution in [0.4, 0.5) is 0 Å². The zero-order chi connectivity index (χ0) is 16.8. The number of aryl methyl sites for hydroxylation is 1. The summed E-state index contributed by atoms with van der Waals surface area (Å²) in [6, 6.07) is 9.04. The van der Waals surface area contributed by atoms with E-state index in [-0.39, 0.29) is 17.1 Å². The van der Waals surface area contributed by atoms with Crippen molar-refractivity contribution in [2.24, 2.45) is 0 Å². The number of benzene rings is 2. The molecule has 0 radical (unpaired) electrons. The number of aliphatic hydroxyl groups is 1. The lowest BCUT2D eigenvalue weighted by Gasteiger charge is -2.04. The van der Waals surface area contributed by atoms with Gasteiger partial charge in [0.15, 0.2) is 0 Å². The van der Waals surface area contributed by atoms with Gasteiger partial charge in [0.05, 0.1) is 7.11 Å². The van der Waals surface area contributed by atoms with E-state index in [9.17, 15) is 15.0 Å². The van der Waals surface area contributed by atoms with Crippen LogP contribution in [0.1, 0.15) is 24.2 Å². The summed E-state index contributed by atoms with van der Waals surface area (Å²) in [5.41, 5.74) is 1.49. The second-order valence-corrected chi connectivity index (χ2v) is 5.89. The van der Waals surface area contributed by atoms with Crippen LogP contribution in [0.2, 0.25) is 0 Å². The molecule has 0 amide bonds. The number of allylic oxidation sites excluding steroid dienone is 1. The van der Waals surface area contributed by atoms with Crippen LogP contribution in [0.15, 0.2) is 40.5 Å². The van der Waals surface area contributed by atoms with Gasteiger partial charge < -0.3 is 19.4 Å². The number of hydrogen-bond donors (Lipinski definition) is 2. The number of aromatic hydroxyl groups is 1. The molecule has 5 heteroatoms. The lowest BCUT2D eigenvalue weighted by Crippen LogP contribution is -2.06. The molecule has 0 saturated heterocycles. The smallest absolute Gasteiger partial charge is 0.345 e. The summed E-state index contributed by atoms with van der Waals surface area (Å²) in [7, 11) is 1.27. The zero-order valence-corrected chi connectivity index (χ0v) is 13.1. The number of carbonyl (C=O) groups excluding carboxylic acids is 1. The Morgan fingerprint density at radius 2 is 1.88 bits per heavy atom. The maximum Gasteiger partial charge on any atom is 0.345 e. The van der Waals surface area contributed by atoms with Gasteiger partial charge in [-0.1, -0.05) is 24.3 Å². The van der Waals surface area contributed by atoms with Crippen LogP contribution < -0.4 is 0 Å². The summed E-state index contributed by atoms with van der Waals surface area (Å²) in [6.07, 6.45) is 1.71. The molecule has 0 bridgehead atoms. The normalized spacial score (nSPS) is 14.7. The summed E-state index contributed by atoms with van der Waals surface area (Å²) < 4.78 is 10.8. The average Bonchev–Trinajstić information content (AvgIpc) is 2.85. The minimum absolute atomic E-state index is 0.0202. The van der Waals surface area contributed by atoms with Crippen LogP contribution in [0.3, 0.4) is 0 Å². The highest BCUT2D eigenvalue weighted by atomic mass is 16.5. The van der Waals surface area contributed by atoms with Gasteiger partial charge in [-0.15, -0.1) is 0 Å². The molecule has 0 saturated carbocycles. The van der Waals surface area contributed by atoms with Crippen LogP contribution in [-0.2, 0) is 16.0 Å². The largest absolute Gasteiger partial charge is 0.511 e. The third kappa shape index (κ3) is 1.98. The van der Waals surface area contributed by atoms with E-state index in [0.29, 0.717) is 36.0 Å². The van der Waals surface area contributed by atoms with E-state index in [2.05, 4.69) is 0 Å². The Morgan fingerprint density at radius 3 is 2.62 bits per heavy atom. The number of aliphatic hydroxyl groups excluding tert-OH is 1. The summed E-state index contributed by atoms with van der Waals surface area (Å²) in [5, 5.41) is 22.8. The van der Waals surface area contributed by atoms with E-state index in [0.717, 1.165) is 16.3 Å². The minimum Gasteiger partial charge on any atom is -0.511 e. The molecular weight excluding hydrogens is 308 g/mol. The van der Waals surface area contributed by atoms with E-state index in [4.69, 9.17) is 9.15 Å². The Morgan fingerprint density at radius 1 is 1.12 bits per heavy atom. The Balaban J connectivity index is 2.12. The molecule has 2 N–H and O–H groups in total. The Bertz CT molecular complexity index is 1010. The van der Waals surface area contributed by atoms with Crippen molar-refractivity contribution >= 4 is 33.3 Å². The number of methoxy groups -OCH3 is 1. The molecule has 1 aromatic heterocycles. The summed E-state index contributed by atoms with van der Waals surface area (Å²) in [6.45, 7) is 0. The molecule has 4 rings (SSSR count).